The molecule has 0 heterocycles. The summed E-state index contributed by atoms with van der Waals surface area (Å²) in [5.74, 6) is 0. The Morgan fingerprint density at radius 2 is 0.857 bits per heavy atom. The molecule has 42 heavy (non-hydrogen) atoms. The number of nitrogens with one attached hydrogen (secondary N) is 2. The fourth-order valence-corrected chi connectivity index (χ4v) is 5.93. The normalized spacial score (nSPS) is 11.5. The van der Waals surface area contributed by atoms with Gasteiger partial charge in [0.15, 0.2) is 0 Å². The van der Waals surface area contributed by atoms with E-state index in [4.69, 9.17) is 0 Å². The quantitative estimate of drug-likeness (QED) is 0.215. The van der Waals surface area contributed by atoms with Crippen LogP contribution in [0.5, 0.6) is 0 Å². The van der Waals surface area contributed by atoms with Crippen LogP contribution in [0.15, 0.2) is 140 Å². The van der Waals surface area contributed by atoms with Gasteiger partial charge in [-0.05, 0) is 70.0 Å². The third-order valence-corrected chi connectivity index (χ3v) is 7.55. The van der Waals surface area contributed by atoms with Crippen LogP contribution in [-0.4, -0.2) is 0 Å². The minimum absolute atomic E-state index is 0.177. The Morgan fingerprint density at radius 3 is 1.36 bits per heavy atom. The minimum atomic E-state index is 0.177. The average molecular weight is 551 g/mol. The molecule has 0 aromatic heterocycles. The maximum Gasteiger partial charge on any atom is 0.0463 e. The fourth-order valence-electron chi connectivity index (χ4n) is 5.93. The van der Waals surface area contributed by atoms with Crippen LogP contribution in [0.4, 0.5) is 22.7 Å². The van der Waals surface area contributed by atoms with Crippen molar-refractivity contribution in [1.29, 1.82) is 0 Å². The highest BCUT2D eigenvalue weighted by Gasteiger charge is 2.27. The molecule has 6 aromatic rings. The van der Waals surface area contributed by atoms with Gasteiger partial charge in [0, 0.05) is 33.5 Å². The zero-order valence-electron chi connectivity index (χ0n) is 25.5. The van der Waals surface area contributed by atoms with E-state index in [1.807, 2.05) is 18.2 Å². The lowest BCUT2D eigenvalue weighted by Gasteiger charge is -2.33. The number of hydrogen-bond donors (Lipinski definition) is 2. The van der Waals surface area contributed by atoms with Crippen molar-refractivity contribution in [2.24, 2.45) is 5.41 Å². The summed E-state index contributed by atoms with van der Waals surface area (Å²) in [5, 5.41) is 12.0. The average Bonchev–Trinajstić information content (AvgIpc) is 2.98. The van der Waals surface area contributed by atoms with Gasteiger partial charge >= 0.3 is 0 Å². The van der Waals surface area contributed by atoms with Crippen LogP contribution in [0, 0.1) is 5.41 Å². The molecule has 0 spiro atoms. The number of hydrogen-bond acceptors (Lipinski definition) is 2. The molecule has 2 nitrogen and oxygen atoms in total. The Morgan fingerprint density at radius 1 is 0.429 bits per heavy atom. The molecule has 0 unspecified atom stereocenters. The topological polar surface area (TPSA) is 24.1 Å². The Balaban J connectivity index is 0.000000180. The molecule has 0 bridgehead atoms. The Bertz CT molecular complexity index is 1730. The number of anilines is 4. The van der Waals surface area contributed by atoms with E-state index in [-0.39, 0.29) is 5.41 Å². The van der Waals surface area contributed by atoms with Crippen molar-refractivity contribution in [1.82, 2.24) is 0 Å². The van der Waals surface area contributed by atoms with E-state index in [0.29, 0.717) is 5.41 Å². The second-order valence-corrected chi connectivity index (χ2v) is 12.9. The lowest BCUT2D eigenvalue weighted by Crippen LogP contribution is -2.24. The third kappa shape index (κ3) is 7.39. The lowest BCUT2D eigenvalue weighted by atomic mass is 9.72. The summed E-state index contributed by atoms with van der Waals surface area (Å²) in [6.07, 6.45) is 1.16. The maximum atomic E-state index is 3.57. The molecular formula is C40H42N2. The highest BCUT2D eigenvalue weighted by Crippen LogP contribution is 2.37. The smallest absolute Gasteiger partial charge is 0.0463 e. The minimum Gasteiger partial charge on any atom is -0.355 e. The second kappa shape index (κ2) is 12.5. The molecule has 0 amide bonds. The van der Waals surface area contributed by atoms with Crippen LogP contribution in [0.1, 0.15) is 46.6 Å². The Hall–Kier alpha value is -4.56. The molecule has 0 radical (unpaired) electrons. The first kappa shape index (κ1) is 29.0. The maximum absolute atomic E-state index is 3.57. The second-order valence-electron chi connectivity index (χ2n) is 12.9. The molecule has 0 saturated carbocycles. The Kier molecular flexibility index (Phi) is 8.64. The van der Waals surface area contributed by atoms with Crippen molar-refractivity contribution < 1.29 is 0 Å². The van der Waals surface area contributed by atoms with Gasteiger partial charge in [0.25, 0.3) is 0 Å². The SMILES string of the molecule is CC(C)(C)CC(C)(C)c1ccc(Nc2cccc3ccccc23)cc1.c1ccc(Nc2cccc3ccccc23)cc1. The highest BCUT2D eigenvalue weighted by molar-refractivity contribution is 5.96. The van der Waals surface area contributed by atoms with Crippen LogP contribution in [0.2, 0.25) is 0 Å². The summed E-state index contributed by atoms with van der Waals surface area (Å²) < 4.78 is 0. The summed E-state index contributed by atoms with van der Waals surface area (Å²) in [5.41, 5.74) is 6.44. The molecule has 2 heteroatoms. The largest absolute Gasteiger partial charge is 0.355 e. The van der Waals surface area contributed by atoms with E-state index >= 15 is 0 Å². The molecular weight excluding hydrogens is 508 g/mol. The number of rotatable bonds is 6. The van der Waals surface area contributed by atoms with E-state index in [1.54, 1.807) is 0 Å². The van der Waals surface area contributed by atoms with Gasteiger partial charge in [-0.3, -0.25) is 0 Å². The summed E-state index contributed by atoms with van der Waals surface area (Å²) in [6.45, 7) is 11.6. The fraction of sp³-hybridized carbons (Fsp3) is 0.200. The molecule has 212 valence electrons. The van der Waals surface area contributed by atoms with Crippen LogP contribution in [-0.2, 0) is 5.41 Å². The van der Waals surface area contributed by atoms with Crippen molar-refractivity contribution in [3.8, 4) is 0 Å². The van der Waals surface area contributed by atoms with Crippen molar-refractivity contribution in [2.75, 3.05) is 10.6 Å². The number of benzene rings is 6. The zero-order chi connectivity index (χ0) is 29.6. The molecule has 0 aliphatic heterocycles. The molecule has 6 aromatic carbocycles. The van der Waals surface area contributed by atoms with Crippen molar-refractivity contribution in [2.45, 2.75) is 46.5 Å². The van der Waals surface area contributed by atoms with Crippen LogP contribution < -0.4 is 10.6 Å². The molecule has 6 rings (SSSR count). The van der Waals surface area contributed by atoms with E-state index in [2.05, 4.69) is 167 Å². The molecule has 0 aliphatic carbocycles. The molecule has 0 fully saturated rings. The summed E-state index contributed by atoms with van der Waals surface area (Å²) in [4.78, 5) is 0. The van der Waals surface area contributed by atoms with Gasteiger partial charge in [0.1, 0.15) is 0 Å². The lowest BCUT2D eigenvalue weighted by molar-refractivity contribution is 0.284. The van der Waals surface area contributed by atoms with Crippen LogP contribution in [0.25, 0.3) is 21.5 Å². The van der Waals surface area contributed by atoms with Crippen molar-refractivity contribution in [3.63, 3.8) is 0 Å². The first-order valence-corrected chi connectivity index (χ1v) is 14.8. The highest BCUT2D eigenvalue weighted by atomic mass is 14.9. The van der Waals surface area contributed by atoms with Gasteiger partial charge < -0.3 is 10.6 Å². The summed E-state index contributed by atoms with van der Waals surface area (Å²) in [7, 11) is 0. The molecule has 2 N–H and O–H groups in total. The predicted octanol–water partition coefficient (Wildman–Crippen LogP) is 11.9. The monoisotopic (exact) mass is 550 g/mol. The first-order valence-electron chi connectivity index (χ1n) is 14.8. The zero-order valence-corrected chi connectivity index (χ0v) is 25.5. The molecule has 0 atom stereocenters. The van der Waals surface area contributed by atoms with Crippen LogP contribution in [0.3, 0.4) is 0 Å². The first-order chi connectivity index (χ1) is 20.2. The van der Waals surface area contributed by atoms with Gasteiger partial charge in [-0.2, -0.15) is 0 Å². The van der Waals surface area contributed by atoms with Gasteiger partial charge in [-0.25, -0.2) is 0 Å². The van der Waals surface area contributed by atoms with Crippen LogP contribution >= 0.6 is 0 Å². The standard InChI is InChI=1S/C24H29N.C16H13N/c1-23(2,3)17-24(4,5)19-13-15-20(16-14-19)25-22-12-8-10-18-9-6-7-11-21(18)22;1-2-9-14(10-3-1)17-16-12-6-8-13-7-4-5-11-15(13)16/h6-16,25H,17H2,1-5H3;1-12,17H. The predicted molar refractivity (Wildman–Crippen MR) is 184 cm³/mol. The van der Waals surface area contributed by atoms with E-state index in [9.17, 15) is 0 Å². The van der Waals surface area contributed by atoms with Gasteiger partial charge in [-0.1, -0.05) is 138 Å². The summed E-state index contributed by atoms with van der Waals surface area (Å²) >= 11 is 0. The number of para-hydroxylation sites is 1. The number of fused-ring (bicyclic) bond motifs is 2. The Labute approximate surface area is 251 Å². The van der Waals surface area contributed by atoms with E-state index < -0.39 is 0 Å². The van der Waals surface area contributed by atoms with E-state index in [0.717, 1.165) is 29.2 Å². The molecule has 0 saturated heterocycles. The summed E-state index contributed by atoms with van der Waals surface area (Å²) in [6, 6.07) is 48.7. The van der Waals surface area contributed by atoms with Crippen molar-refractivity contribution >= 4 is 44.3 Å². The van der Waals surface area contributed by atoms with Gasteiger partial charge in [-0.15, -0.1) is 0 Å². The van der Waals surface area contributed by atoms with Gasteiger partial charge in [0.05, 0.1) is 0 Å². The van der Waals surface area contributed by atoms with Crippen molar-refractivity contribution in [3.05, 3.63) is 145 Å². The van der Waals surface area contributed by atoms with Gasteiger partial charge in [0.2, 0.25) is 0 Å². The third-order valence-electron chi connectivity index (χ3n) is 7.55. The molecule has 0 aliphatic rings. The van der Waals surface area contributed by atoms with E-state index in [1.165, 1.54) is 27.1 Å².